The topological polar surface area (TPSA) is 82.1 Å². The first-order valence-corrected chi connectivity index (χ1v) is 6.12. The molecule has 0 saturated carbocycles. The van der Waals surface area contributed by atoms with Gasteiger partial charge in [-0.1, -0.05) is 0 Å². The number of pyridine rings is 1. The van der Waals surface area contributed by atoms with Crippen LogP contribution in [0.5, 0.6) is 0 Å². The number of nitrogens with one attached hydrogen (secondary N) is 1. The maximum Gasteiger partial charge on any atom is 0.356 e. The largest absolute Gasteiger partial charge is 0.476 e. The van der Waals surface area contributed by atoms with E-state index >= 15 is 0 Å². The molecule has 3 heterocycles. The molecule has 1 aliphatic rings. The molecule has 19 heavy (non-hydrogen) atoms. The Morgan fingerprint density at radius 3 is 3.11 bits per heavy atom. The Morgan fingerprint density at radius 1 is 1.53 bits per heavy atom. The summed E-state index contributed by atoms with van der Waals surface area (Å²) >= 11 is 0. The fourth-order valence-electron chi connectivity index (χ4n) is 2.36. The van der Waals surface area contributed by atoms with Crippen molar-refractivity contribution in [3.8, 4) is 0 Å². The van der Waals surface area contributed by atoms with Crippen molar-refractivity contribution in [1.29, 1.82) is 0 Å². The standard InChI is InChI=1S/C13H14N4O2/c1-8-2-4-14-11(6-8)17-5-3-10-9(7-17)12(13(18)19)16-15-10/h2,4,6H,3,5,7H2,1H3,(H,15,16)(H,18,19). The third kappa shape index (κ3) is 2.05. The van der Waals surface area contributed by atoms with Crippen molar-refractivity contribution in [2.75, 3.05) is 11.4 Å². The zero-order chi connectivity index (χ0) is 13.4. The number of anilines is 1. The lowest BCUT2D eigenvalue weighted by Gasteiger charge is -2.28. The van der Waals surface area contributed by atoms with Crippen LogP contribution in [0.1, 0.15) is 27.3 Å². The molecule has 0 atom stereocenters. The lowest BCUT2D eigenvalue weighted by atomic mass is 10.1. The van der Waals surface area contributed by atoms with Crippen molar-refractivity contribution in [2.45, 2.75) is 19.9 Å². The fraction of sp³-hybridized carbons (Fsp3) is 0.308. The van der Waals surface area contributed by atoms with Gasteiger partial charge in [-0.15, -0.1) is 0 Å². The number of carboxylic acids is 1. The molecule has 0 bridgehead atoms. The highest BCUT2D eigenvalue weighted by Gasteiger charge is 2.25. The molecule has 2 N–H and O–H groups in total. The number of carbonyl (C=O) groups is 1. The lowest BCUT2D eigenvalue weighted by molar-refractivity contribution is 0.0689. The molecular weight excluding hydrogens is 244 g/mol. The molecule has 0 aliphatic carbocycles. The van der Waals surface area contributed by atoms with Gasteiger partial charge in [0.15, 0.2) is 5.69 Å². The summed E-state index contributed by atoms with van der Waals surface area (Å²) in [7, 11) is 0. The molecule has 0 aromatic carbocycles. The number of nitrogens with zero attached hydrogens (tertiary/aromatic N) is 3. The number of aromatic nitrogens is 3. The zero-order valence-corrected chi connectivity index (χ0v) is 10.6. The molecular formula is C13H14N4O2. The first-order chi connectivity index (χ1) is 9.15. The first kappa shape index (κ1) is 11.7. The Morgan fingerprint density at radius 2 is 2.37 bits per heavy atom. The van der Waals surface area contributed by atoms with Gasteiger partial charge < -0.3 is 10.0 Å². The van der Waals surface area contributed by atoms with Crippen LogP contribution in [0, 0.1) is 6.92 Å². The monoisotopic (exact) mass is 258 g/mol. The minimum absolute atomic E-state index is 0.118. The van der Waals surface area contributed by atoms with Crippen LogP contribution < -0.4 is 4.90 Å². The van der Waals surface area contributed by atoms with Crippen molar-refractivity contribution in [2.24, 2.45) is 0 Å². The number of rotatable bonds is 2. The van der Waals surface area contributed by atoms with Crippen LogP contribution in [0.2, 0.25) is 0 Å². The third-order valence-electron chi connectivity index (χ3n) is 3.36. The summed E-state index contributed by atoms with van der Waals surface area (Å²) in [6.45, 7) is 3.36. The summed E-state index contributed by atoms with van der Waals surface area (Å²) in [6.07, 6.45) is 2.53. The smallest absolute Gasteiger partial charge is 0.356 e. The highest BCUT2D eigenvalue weighted by molar-refractivity contribution is 5.87. The maximum absolute atomic E-state index is 11.1. The molecule has 0 fully saturated rings. The van der Waals surface area contributed by atoms with E-state index in [0.717, 1.165) is 35.6 Å². The van der Waals surface area contributed by atoms with Gasteiger partial charge in [0.25, 0.3) is 0 Å². The van der Waals surface area contributed by atoms with Crippen molar-refractivity contribution >= 4 is 11.8 Å². The second-order valence-electron chi connectivity index (χ2n) is 4.70. The summed E-state index contributed by atoms with van der Waals surface area (Å²) in [5.41, 5.74) is 2.94. The predicted octanol–water partition coefficient (Wildman–Crippen LogP) is 1.37. The summed E-state index contributed by atoms with van der Waals surface area (Å²) in [6, 6.07) is 3.95. The van der Waals surface area contributed by atoms with Crippen molar-refractivity contribution in [1.82, 2.24) is 15.2 Å². The van der Waals surface area contributed by atoms with Gasteiger partial charge in [-0.05, 0) is 24.6 Å². The van der Waals surface area contributed by atoms with Gasteiger partial charge in [0.05, 0.1) is 0 Å². The highest BCUT2D eigenvalue weighted by atomic mass is 16.4. The van der Waals surface area contributed by atoms with E-state index in [1.165, 1.54) is 0 Å². The third-order valence-corrected chi connectivity index (χ3v) is 3.36. The van der Waals surface area contributed by atoms with Gasteiger partial charge in [-0.25, -0.2) is 9.78 Å². The van der Waals surface area contributed by atoms with Crippen LogP contribution in [0.15, 0.2) is 18.3 Å². The van der Waals surface area contributed by atoms with Crippen LogP contribution in [0.3, 0.4) is 0 Å². The van der Waals surface area contributed by atoms with Crippen molar-refractivity contribution in [3.63, 3.8) is 0 Å². The van der Waals surface area contributed by atoms with Crippen LogP contribution in [0.25, 0.3) is 0 Å². The number of aromatic carboxylic acids is 1. The van der Waals surface area contributed by atoms with E-state index in [1.807, 2.05) is 19.1 Å². The summed E-state index contributed by atoms with van der Waals surface area (Å²) in [5.74, 6) is -0.111. The van der Waals surface area contributed by atoms with E-state index in [4.69, 9.17) is 5.11 Å². The number of fused-ring (bicyclic) bond motifs is 1. The predicted molar refractivity (Wildman–Crippen MR) is 69.3 cm³/mol. The quantitative estimate of drug-likeness (QED) is 0.850. The summed E-state index contributed by atoms with van der Waals surface area (Å²) in [4.78, 5) is 17.5. The van der Waals surface area contributed by atoms with Crippen LogP contribution in [-0.4, -0.2) is 32.8 Å². The van der Waals surface area contributed by atoms with Crippen LogP contribution >= 0.6 is 0 Å². The number of hydrogen-bond acceptors (Lipinski definition) is 4. The molecule has 0 saturated heterocycles. The minimum atomic E-state index is -0.989. The molecule has 1 aliphatic heterocycles. The number of hydrogen-bond donors (Lipinski definition) is 2. The van der Waals surface area contributed by atoms with E-state index < -0.39 is 5.97 Å². The van der Waals surface area contributed by atoms with E-state index in [0.29, 0.717) is 6.54 Å². The van der Waals surface area contributed by atoms with Gasteiger partial charge in [0.2, 0.25) is 0 Å². The van der Waals surface area contributed by atoms with Gasteiger partial charge in [-0.2, -0.15) is 5.10 Å². The normalized spacial score (nSPS) is 14.3. The molecule has 0 spiro atoms. The average Bonchev–Trinajstić information content (AvgIpc) is 2.81. The second-order valence-corrected chi connectivity index (χ2v) is 4.70. The zero-order valence-electron chi connectivity index (χ0n) is 10.6. The van der Waals surface area contributed by atoms with Gasteiger partial charge in [0.1, 0.15) is 5.82 Å². The van der Waals surface area contributed by atoms with Gasteiger partial charge in [0, 0.05) is 37.0 Å². The van der Waals surface area contributed by atoms with Crippen LogP contribution in [-0.2, 0) is 13.0 Å². The Hall–Kier alpha value is -2.37. The van der Waals surface area contributed by atoms with E-state index in [9.17, 15) is 4.79 Å². The van der Waals surface area contributed by atoms with Gasteiger partial charge >= 0.3 is 5.97 Å². The molecule has 2 aromatic rings. The van der Waals surface area contributed by atoms with E-state index in [2.05, 4.69) is 20.1 Å². The Bertz CT molecular complexity index is 635. The Balaban J connectivity index is 1.93. The van der Waals surface area contributed by atoms with E-state index in [1.54, 1.807) is 6.20 Å². The molecule has 6 nitrogen and oxygen atoms in total. The molecule has 3 rings (SSSR count). The number of H-pyrrole nitrogens is 1. The number of aromatic amines is 1. The Kier molecular flexibility index (Phi) is 2.70. The first-order valence-electron chi connectivity index (χ1n) is 6.12. The van der Waals surface area contributed by atoms with E-state index in [-0.39, 0.29) is 5.69 Å². The number of carboxylic acid groups (broad SMARTS) is 1. The molecule has 0 unspecified atom stereocenters. The maximum atomic E-state index is 11.1. The second kappa shape index (κ2) is 4.38. The molecule has 2 aromatic heterocycles. The molecule has 98 valence electrons. The van der Waals surface area contributed by atoms with Crippen molar-refractivity contribution < 1.29 is 9.90 Å². The Labute approximate surface area is 110 Å². The molecule has 6 heteroatoms. The average molecular weight is 258 g/mol. The van der Waals surface area contributed by atoms with Gasteiger partial charge in [-0.3, -0.25) is 5.10 Å². The SMILES string of the molecule is Cc1ccnc(N2CCc3[nH]nc(C(=O)O)c3C2)c1. The molecule has 0 radical (unpaired) electrons. The lowest BCUT2D eigenvalue weighted by Crippen LogP contribution is -2.31. The van der Waals surface area contributed by atoms with Crippen LogP contribution in [0.4, 0.5) is 5.82 Å². The highest BCUT2D eigenvalue weighted by Crippen LogP contribution is 2.24. The fourth-order valence-corrected chi connectivity index (χ4v) is 2.36. The summed E-state index contributed by atoms with van der Waals surface area (Å²) < 4.78 is 0. The summed E-state index contributed by atoms with van der Waals surface area (Å²) in [5, 5.41) is 15.8. The number of aryl methyl sites for hydroxylation is 1. The van der Waals surface area contributed by atoms with Crippen molar-refractivity contribution in [3.05, 3.63) is 40.8 Å². The molecule has 0 amide bonds. The minimum Gasteiger partial charge on any atom is -0.476 e.